The fourth-order valence-corrected chi connectivity index (χ4v) is 2.92. The standard InChI is InChI=1S/C16H23FN2O/c1-4-12-10-19(8-7-15(12)18-3)16(20)13-6-5-11(2)14(17)9-13/h5-6,9,12,15,18H,4,7-8,10H2,1-3H3. The van der Waals surface area contributed by atoms with Crippen LogP contribution in [-0.2, 0) is 0 Å². The summed E-state index contributed by atoms with van der Waals surface area (Å²) in [7, 11) is 1.97. The Bertz CT molecular complexity index is 489. The predicted molar refractivity (Wildman–Crippen MR) is 78.3 cm³/mol. The first-order valence-electron chi connectivity index (χ1n) is 7.29. The van der Waals surface area contributed by atoms with E-state index in [4.69, 9.17) is 0 Å². The zero-order chi connectivity index (χ0) is 14.7. The lowest BCUT2D eigenvalue weighted by Crippen LogP contribution is -2.50. The van der Waals surface area contributed by atoms with E-state index in [1.807, 2.05) is 11.9 Å². The van der Waals surface area contributed by atoms with Gasteiger partial charge in [-0.1, -0.05) is 19.4 Å². The summed E-state index contributed by atoms with van der Waals surface area (Å²) in [6, 6.07) is 5.20. The second-order valence-electron chi connectivity index (χ2n) is 5.57. The first-order valence-corrected chi connectivity index (χ1v) is 7.29. The highest BCUT2D eigenvalue weighted by molar-refractivity contribution is 5.94. The monoisotopic (exact) mass is 278 g/mol. The van der Waals surface area contributed by atoms with Gasteiger partial charge in [-0.3, -0.25) is 4.79 Å². The molecule has 1 aromatic rings. The van der Waals surface area contributed by atoms with Gasteiger partial charge in [-0.15, -0.1) is 0 Å². The molecular formula is C16H23FN2O. The van der Waals surface area contributed by atoms with Gasteiger partial charge < -0.3 is 10.2 Å². The summed E-state index contributed by atoms with van der Waals surface area (Å²) in [5.41, 5.74) is 1.02. The number of hydrogen-bond acceptors (Lipinski definition) is 2. The van der Waals surface area contributed by atoms with Crippen LogP contribution in [0, 0.1) is 18.7 Å². The first-order chi connectivity index (χ1) is 9.56. The third-order valence-corrected chi connectivity index (χ3v) is 4.34. The Balaban J connectivity index is 2.11. The van der Waals surface area contributed by atoms with Crippen molar-refractivity contribution >= 4 is 5.91 Å². The number of carbonyl (C=O) groups is 1. The number of piperidine rings is 1. The second kappa shape index (κ2) is 6.35. The fourth-order valence-electron chi connectivity index (χ4n) is 2.92. The molecule has 1 aliphatic heterocycles. The Morgan fingerprint density at radius 3 is 2.85 bits per heavy atom. The summed E-state index contributed by atoms with van der Waals surface area (Å²) in [6.07, 6.45) is 1.99. The molecule has 110 valence electrons. The Labute approximate surface area is 120 Å². The van der Waals surface area contributed by atoms with Gasteiger partial charge in [0.1, 0.15) is 5.82 Å². The number of halogens is 1. The van der Waals surface area contributed by atoms with Crippen LogP contribution in [0.3, 0.4) is 0 Å². The number of amides is 1. The Morgan fingerprint density at radius 1 is 1.50 bits per heavy atom. The fraction of sp³-hybridized carbons (Fsp3) is 0.562. The molecule has 0 radical (unpaired) electrons. The number of carbonyl (C=O) groups excluding carboxylic acids is 1. The molecule has 1 N–H and O–H groups in total. The molecule has 20 heavy (non-hydrogen) atoms. The Hall–Kier alpha value is -1.42. The molecule has 0 saturated carbocycles. The zero-order valence-corrected chi connectivity index (χ0v) is 12.4. The molecule has 2 rings (SSSR count). The van der Waals surface area contributed by atoms with Crippen LogP contribution in [0.4, 0.5) is 4.39 Å². The average molecular weight is 278 g/mol. The van der Waals surface area contributed by atoms with Crippen molar-refractivity contribution in [2.45, 2.75) is 32.7 Å². The van der Waals surface area contributed by atoms with Crippen molar-refractivity contribution in [1.29, 1.82) is 0 Å². The van der Waals surface area contributed by atoms with E-state index in [-0.39, 0.29) is 11.7 Å². The third kappa shape index (κ3) is 3.01. The number of nitrogens with zero attached hydrogens (tertiary/aromatic N) is 1. The summed E-state index contributed by atoms with van der Waals surface area (Å²) >= 11 is 0. The van der Waals surface area contributed by atoms with Crippen LogP contribution in [0.2, 0.25) is 0 Å². The first kappa shape index (κ1) is 15.0. The maximum Gasteiger partial charge on any atom is 0.253 e. The lowest BCUT2D eigenvalue weighted by Gasteiger charge is -2.38. The minimum atomic E-state index is -0.312. The molecule has 0 aliphatic carbocycles. The molecule has 0 bridgehead atoms. The molecule has 2 unspecified atom stereocenters. The Morgan fingerprint density at radius 2 is 2.25 bits per heavy atom. The molecule has 4 heteroatoms. The van der Waals surface area contributed by atoms with Crippen LogP contribution in [0.5, 0.6) is 0 Å². The molecule has 0 aromatic heterocycles. The van der Waals surface area contributed by atoms with Gasteiger partial charge in [0, 0.05) is 24.7 Å². The predicted octanol–water partition coefficient (Wildman–Crippen LogP) is 2.59. The van der Waals surface area contributed by atoms with Gasteiger partial charge >= 0.3 is 0 Å². The van der Waals surface area contributed by atoms with E-state index in [0.717, 1.165) is 25.9 Å². The minimum Gasteiger partial charge on any atom is -0.338 e. The van der Waals surface area contributed by atoms with Crippen LogP contribution in [0.25, 0.3) is 0 Å². The highest BCUT2D eigenvalue weighted by atomic mass is 19.1. The smallest absolute Gasteiger partial charge is 0.253 e. The van der Waals surface area contributed by atoms with Gasteiger partial charge in [0.2, 0.25) is 0 Å². The van der Waals surface area contributed by atoms with Crippen LogP contribution in [0.1, 0.15) is 35.7 Å². The van der Waals surface area contributed by atoms with Crippen molar-refractivity contribution in [2.75, 3.05) is 20.1 Å². The van der Waals surface area contributed by atoms with Crippen molar-refractivity contribution in [1.82, 2.24) is 10.2 Å². The average Bonchev–Trinajstić information content (AvgIpc) is 2.48. The maximum atomic E-state index is 13.6. The van der Waals surface area contributed by atoms with E-state index in [1.165, 1.54) is 6.07 Å². The summed E-state index contributed by atoms with van der Waals surface area (Å²) < 4.78 is 13.6. The molecule has 1 heterocycles. The zero-order valence-electron chi connectivity index (χ0n) is 12.4. The third-order valence-electron chi connectivity index (χ3n) is 4.34. The summed E-state index contributed by atoms with van der Waals surface area (Å²) in [5.74, 6) is 0.0953. The second-order valence-corrected chi connectivity index (χ2v) is 5.57. The van der Waals surface area contributed by atoms with Gasteiger partial charge in [0.15, 0.2) is 0 Å². The molecule has 1 aromatic carbocycles. The SMILES string of the molecule is CCC1CN(C(=O)c2ccc(C)c(F)c2)CCC1NC. The molecule has 2 atom stereocenters. The number of rotatable bonds is 3. The van der Waals surface area contributed by atoms with E-state index in [2.05, 4.69) is 12.2 Å². The summed E-state index contributed by atoms with van der Waals surface area (Å²) in [6.45, 7) is 5.33. The van der Waals surface area contributed by atoms with Crippen molar-refractivity contribution in [3.63, 3.8) is 0 Å². The molecule has 3 nitrogen and oxygen atoms in total. The van der Waals surface area contributed by atoms with Crippen LogP contribution >= 0.6 is 0 Å². The number of hydrogen-bond donors (Lipinski definition) is 1. The van der Waals surface area contributed by atoms with E-state index in [1.54, 1.807) is 19.1 Å². The molecular weight excluding hydrogens is 255 g/mol. The molecule has 1 fully saturated rings. The van der Waals surface area contributed by atoms with Crippen LogP contribution in [-0.4, -0.2) is 37.0 Å². The lowest BCUT2D eigenvalue weighted by molar-refractivity contribution is 0.0631. The highest BCUT2D eigenvalue weighted by Gasteiger charge is 2.29. The van der Waals surface area contributed by atoms with Gasteiger partial charge in [-0.25, -0.2) is 4.39 Å². The topological polar surface area (TPSA) is 32.3 Å². The quantitative estimate of drug-likeness (QED) is 0.921. The largest absolute Gasteiger partial charge is 0.338 e. The van der Waals surface area contributed by atoms with Gasteiger partial charge in [0.25, 0.3) is 5.91 Å². The molecule has 1 aliphatic rings. The number of likely N-dealkylation sites (tertiary alicyclic amines) is 1. The normalized spacial score (nSPS) is 22.9. The van der Waals surface area contributed by atoms with Gasteiger partial charge in [-0.2, -0.15) is 0 Å². The van der Waals surface area contributed by atoms with Crippen molar-refractivity contribution < 1.29 is 9.18 Å². The van der Waals surface area contributed by atoms with E-state index in [0.29, 0.717) is 23.1 Å². The molecule has 1 saturated heterocycles. The molecule has 0 spiro atoms. The van der Waals surface area contributed by atoms with Gasteiger partial charge in [-0.05, 0) is 44.0 Å². The number of aryl methyl sites for hydroxylation is 1. The van der Waals surface area contributed by atoms with E-state index in [9.17, 15) is 9.18 Å². The lowest BCUT2D eigenvalue weighted by atomic mass is 9.89. The van der Waals surface area contributed by atoms with Crippen molar-refractivity contribution in [2.24, 2.45) is 5.92 Å². The maximum absolute atomic E-state index is 13.6. The van der Waals surface area contributed by atoms with E-state index < -0.39 is 0 Å². The van der Waals surface area contributed by atoms with Crippen molar-refractivity contribution in [3.8, 4) is 0 Å². The molecule has 1 amide bonds. The van der Waals surface area contributed by atoms with Crippen LogP contribution < -0.4 is 5.32 Å². The number of nitrogens with one attached hydrogen (secondary N) is 1. The Kier molecular flexibility index (Phi) is 4.76. The van der Waals surface area contributed by atoms with E-state index >= 15 is 0 Å². The van der Waals surface area contributed by atoms with Crippen LogP contribution in [0.15, 0.2) is 18.2 Å². The number of benzene rings is 1. The van der Waals surface area contributed by atoms with Gasteiger partial charge in [0.05, 0.1) is 0 Å². The minimum absolute atomic E-state index is 0.0584. The highest BCUT2D eigenvalue weighted by Crippen LogP contribution is 2.22. The van der Waals surface area contributed by atoms with Crippen molar-refractivity contribution in [3.05, 3.63) is 35.1 Å². The summed E-state index contributed by atoms with van der Waals surface area (Å²) in [4.78, 5) is 14.3. The summed E-state index contributed by atoms with van der Waals surface area (Å²) in [5, 5.41) is 3.32.